The van der Waals surface area contributed by atoms with Crippen molar-refractivity contribution in [3.05, 3.63) is 40.2 Å². The first-order chi connectivity index (χ1) is 6.52. The number of benzene rings is 1. The van der Waals surface area contributed by atoms with Gasteiger partial charge in [-0.2, -0.15) is 5.70 Å². The van der Waals surface area contributed by atoms with Gasteiger partial charge >= 0.3 is 0 Å². The predicted octanol–water partition coefficient (Wildman–Crippen LogP) is 2.51. The van der Waals surface area contributed by atoms with Gasteiger partial charge in [-0.25, -0.2) is 8.42 Å². The quantitative estimate of drug-likeness (QED) is 0.685. The summed E-state index contributed by atoms with van der Waals surface area (Å²) < 4.78 is 26.9. The molecule has 0 saturated carbocycles. The molecule has 0 bridgehead atoms. The molecule has 3 nitrogen and oxygen atoms in total. The van der Waals surface area contributed by atoms with Gasteiger partial charge in [-0.1, -0.05) is 30.7 Å². The zero-order chi connectivity index (χ0) is 10.3. The number of sulfonamides is 1. The Hall–Kier alpha value is -0.550. The van der Waals surface area contributed by atoms with Crippen LogP contribution < -0.4 is 0 Å². The Morgan fingerprint density at radius 1 is 1.13 bits per heavy atom. The number of allylic oxidation sites excluding steroid dienone is 2. The summed E-state index contributed by atoms with van der Waals surface area (Å²) in [6.07, 6.45) is 0. The summed E-state index contributed by atoms with van der Waals surface area (Å²) in [5.74, 6) is 0. The molecule has 15 heavy (non-hydrogen) atoms. The summed E-state index contributed by atoms with van der Waals surface area (Å²) in [7, 11) is -3.46. The number of hydrogen-bond acceptors (Lipinski definition) is 2. The third-order valence-corrected chi connectivity index (χ3v) is 3.79. The Morgan fingerprint density at radius 2 is 1.73 bits per heavy atom. The molecule has 1 heterocycles. The number of nitrogens with zero attached hydrogens (tertiary/aromatic N) is 1. The van der Waals surface area contributed by atoms with E-state index >= 15 is 0 Å². The molecular formula is C10H10NO2STa-. The minimum Gasteiger partial charge on any atom is -0.576 e. The fourth-order valence-corrected chi connectivity index (χ4v) is 2.84. The van der Waals surface area contributed by atoms with Crippen molar-refractivity contribution in [3.8, 4) is 0 Å². The molecule has 0 aliphatic carbocycles. The van der Waals surface area contributed by atoms with E-state index < -0.39 is 10.0 Å². The van der Waals surface area contributed by atoms with Crippen LogP contribution in [0.15, 0.2) is 34.9 Å². The average molecular weight is 389 g/mol. The smallest absolute Gasteiger partial charge is 0.123 e. The van der Waals surface area contributed by atoms with Crippen LogP contribution in [0.3, 0.4) is 0 Å². The molecule has 5 heteroatoms. The molecule has 1 aromatic carbocycles. The Morgan fingerprint density at radius 3 is 2.40 bits per heavy atom. The third-order valence-electron chi connectivity index (χ3n) is 2.37. The Labute approximate surface area is 105 Å². The van der Waals surface area contributed by atoms with Crippen LogP contribution in [0.2, 0.25) is 0 Å². The van der Waals surface area contributed by atoms with Crippen molar-refractivity contribution in [1.82, 2.24) is 0 Å². The third kappa shape index (κ3) is 2.03. The van der Waals surface area contributed by atoms with Crippen molar-refractivity contribution in [2.24, 2.45) is 0 Å². The second-order valence-electron chi connectivity index (χ2n) is 3.27. The van der Waals surface area contributed by atoms with Crippen molar-refractivity contribution in [2.45, 2.75) is 18.7 Å². The van der Waals surface area contributed by atoms with Gasteiger partial charge in [0.2, 0.25) is 0 Å². The maximum absolute atomic E-state index is 11.6. The summed E-state index contributed by atoms with van der Waals surface area (Å²) in [6, 6.07) is 6.93. The molecule has 1 aliphatic rings. The van der Waals surface area contributed by atoms with Gasteiger partial charge in [-0.15, -0.1) is 0 Å². The second-order valence-corrected chi connectivity index (χ2v) is 4.85. The van der Waals surface area contributed by atoms with E-state index in [4.69, 9.17) is 0 Å². The Kier molecular flexibility index (Phi) is 3.45. The van der Waals surface area contributed by atoms with Crippen molar-refractivity contribution in [2.75, 3.05) is 0 Å². The van der Waals surface area contributed by atoms with E-state index in [0.29, 0.717) is 10.6 Å². The molecule has 0 atom stereocenters. The van der Waals surface area contributed by atoms with Gasteiger partial charge in [0.15, 0.2) is 0 Å². The first-order valence-corrected chi connectivity index (χ1v) is 5.71. The monoisotopic (exact) mass is 389 g/mol. The van der Waals surface area contributed by atoms with Crippen LogP contribution in [0.4, 0.5) is 0 Å². The largest absolute Gasteiger partial charge is 0.576 e. The Balaban J connectivity index is 0.00000112. The molecule has 79 valence electrons. The Bertz CT molecular complexity index is 520. The van der Waals surface area contributed by atoms with E-state index in [1.807, 2.05) is 13.0 Å². The van der Waals surface area contributed by atoms with Crippen LogP contribution in [0.5, 0.6) is 0 Å². The molecule has 0 fully saturated rings. The fourth-order valence-electron chi connectivity index (χ4n) is 1.49. The summed E-state index contributed by atoms with van der Waals surface area (Å²) in [5.41, 5.74) is 2.26. The van der Waals surface area contributed by atoms with E-state index in [2.05, 4.69) is 4.72 Å². The molecule has 1 aliphatic heterocycles. The average Bonchev–Trinajstić information content (AvgIpc) is 2.14. The topological polar surface area (TPSA) is 48.2 Å². The van der Waals surface area contributed by atoms with E-state index in [-0.39, 0.29) is 22.4 Å². The molecule has 2 rings (SSSR count). The molecule has 0 aromatic heterocycles. The summed E-state index contributed by atoms with van der Waals surface area (Å²) in [4.78, 5) is 0.308. The number of rotatable bonds is 0. The van der Waals surface area contributed by atoms with Gasteiger partial charge in [-0.3, -0.25) is 0 Å². The molecule has 1 aromatic rings. The molecule has 0 N–H and O–H groups in total. The van der Waals surface area contributed by atoms with Crippen LogP contribution in [-0.2, 0) is 32.4 Å². The second kappa shape index (κ2) is 4.14. The van der Waals surface area contributed by atoms with E-state index in [0.717, 1.165) is 11.1 Å². The van der Waals surface area contributed by atoms with Crippen LogP contribution in [0.25, 0.3) is 10.3 Å². The fraction of sp³-hybridized carbons (Fsp3) is 0.200. The zero-order valence-electron chi connectivity index (χ0n) is 8.43. The first-order valence-electron chi connectivity index (χ1n) is 4.27. The normalized spacial score (nSPS) is 17.5. The molecule has 0 spiro atoms. The number of hydrogen-bond donors (Lipinski definition) is 0. The van der Waals surface area contributed by atoms with Crippen LogP contribution in [0, 0.1) is 0 Å². The molecule has 0 saturated heterocycles. The van der Waals surface area contributed by atoms with Crippen molar-refractivity contribution in [3.63, 3.8) is 0 Å². The maximum Gasteiger partial charge on any atom is 0.123 e. The molecule has 0 amide bonds. The van der Waals surface area contributed by atoms with Gasteiger partial charge in [0, 0.05) is 22.4 Å². The van der Waals surface area contributed by atoms with E-state index in [9.17, 15) is 8.42 Å². The maximum atomic E-state index is 11.6. The van der Waals surface area contributed by atoms with Crippen LogP contribution >= 0.6 is 0 Å². The van der Waals surface area contributed by atoms with Crippen molar-refractivity contribution >= 4 is 15.6 Å². The summed E-state index contributed by atoms with van der Waals surface area (Å²) in [6.45, 7) is 3.59. The van der Waals surface area contributed by atoms with Crippen LogP contribution in [-0.4, -0.2) is 8.42 Å². The predicted molar refractivity (Wildman–Crippen MR) is 55.3 cm³/mol. The van der Waals surface area contributed by atoms with Gasteiger partial charge in [0.1, 0.15) is 10.0 Å². The summed E-state index contributed by atoms with van der Waals surface area (Å²) >= 11 is 0. The minimum atomic E-state index is -3.46. The first kappa shape index (κ1) is 12.5. The van der Waals surface area contributed by atoms with E-state index in [1.165, 1.54) is 0 Å². The SMILES string of the molecule is CC1=C(C)c2ccccc2S(=O)(=O)[N-]1.[Ta]. The zero-order valence-corrected chi connectivity index (χ0v) is 12.5. The number of fused-ring (bicyclic) bond motifs is 1. The standard InChI is InChI=1S/C10H10NO2S.Ta/c1-7-8(2)11-14(12,13)10-6-4-3-5-9(7)10;/h3-6H,1-2H3;/q-1;. The van der Waals surface area contributed by atoms with Crippen molar-refractivity contribution < 1.29 is 30.8 Å². The van der Waals surface area contributed by atoms with Gasteiger partial charge in [-0.05, 0) is 18.6 Å². The molecular weight excluding hydrogens is 379 g/mol. The van der Waals surface area contributed by atoms with Gasteiger partial charge in [0.25, 0.3) is 0 Å². The molecule has 1 radical (unpaired) electrons. The van der Waals surface area contributed by atoms with Crippen molar-refractivity contribution in [1.29, 1.82) is 0 Å². The van der Waals surface area contributed by atoms with Gasteiger partial charge in [0.05, 0.1) is 4.90 Å². The van der Waals surface area contributed by atoms with E-state index in [1.54, 1.807) is 25.1 Å². The molecule has 0 unspecified atom stereocenters. The summed E-state index contributed by atoms with van der Waals surface area (Å²) in [5, 5.41) is 0. The minimum absolute atomic E-state index is 0. The van der Waals surface area contributed by atoms with Gasteiger partial charge < -0.3 is 4.72 Å². The van der Waals surface area contributed by atoms with Crippen LogP contribution in [0.1, 0.15) is 19.4 Å².